The van der Waals surface area contributed by atoms with Gasteiger partial charge in [-0.2, -0.15) is 0 Å². The topological polar surface area (TPSA) is 54.9 Å². The van der Waals surface area contributed by atoms with Crippen molar-refractivity contribution in [3.8, 4) is 0 Å². The van der Waals surface area contributed by atoms with Crippen molar-refractivity contribution in [2.75, 3.05) is 0 Å². The smallest absolute Gasteiger partial charge is 0.220 e. The molecule has 12 heavy (non-hydrogen) atoms. The Morgan fingerprint density at radius 2 is 2.58 bits per heavy atom. The van der Waals surface area contributed by atoms with Gasteiger partial charge in [-0.3, -0.25) is 4.79 Å². The number of rotatable bonds is 1. The first-order valence-corrected chi connectivity index (χ1v) is 4.67. The molecule has 0 saturated carbocycles. The van der Waals surface area contributed by atoms with Crippen LogP contribution in [0.1, 0.15) is 25.0 Å². The number of hydrogen-bond acceptors (Lipinski definition) is 4. The zero-order valence-electron chi connectivity index (χ0n) is 6.65. The van der Waals surface area contributed by atoms with Crippen LogP contribution in [0.4, 0.5) is 0 Å². The average Bonchev–Trinajstić information content (AvgIpc) is 2.58. The second kappa shape index (κ2) is 2.82. The summed E-state index contributed by atoms with van der Waals surface area (Å²) in [5.74, 6) is 0.330. The van der Waals surface area contributed by atoms with Crippen molar-refractivity contribution in [1.82, 2.24) is 14.9 Å². The Morgan fingerprint density at radius 3 is 3.08 bits per heavy atom. The van der Waals surface area contributed by atoms with Gasteiger partial charge in [-0.1, -0.05) is 4.49 Å². The third kappa shape index (κ3) is 1.20. The van der Waals surface area contributed by atoms with E-state index in [0.717, 1.165) is 5.69 Å². The molecular formula is C7H9N3OS. The van der Waals surface area contributed by atoms with Crippen LogP contribution in [0.25, 0.3) is 0 Å². The minimum Gasteiger partial charge on any atom is -0.353 e. The molecule has 2 heterocycles. The molecule has 1 N–H and O–H groups in total. The SMILES string of the molecule is CC1NC(=O)CC1c1csnn1. The van der Waals surface area contributed by atoms with E-state index in [2.05, 4.69) is 14.9 Å². The van der Waals surface area contributed by atoms with E-state index in [1.165, 1.54) is 11.5 Å². The number of carbonyl (C=O) groups excluding carboxylic acids is 1. The Balaban J connectivity index is 2.20. The van der Waals surface area contributed by atoms with Gasteiger partial charge in [0, 0.05) is 23.8 Å². The van der Waals surface area contributed by atoms with Gasteiger partial charge in [0.05, 0.1) is 5.69 Å². The monoisotopic (exact) mass is 183 g/mol. The molecule has 0 bridgehead atoms. The molecule has 2 rings (SSSR count). The van der Waals surface area contributed by atoms with E-state index in [0.29, 0.717) is 6.42 Å². The van der Waals surface area contributed by atoms with Gasteiger partial charge in [-0.15, -0.1) is 5.10 Å². The first kappa shape index (κ1) is 7.67. The first-order chi connectivity index (χ1) is 5.77. The summed E-state index contributed by atoms with van der Waals surface area (Å²) in [6.07, 6.45) is 0.548. The maximum Gasteiger partial charge on any atom is 0.220 e. The first-order valence-electron chi connectivity index (χ1n) is 3.83. The Kier molecular flexibility index (Phi) is 1.80. The molecule has 0 radical (unpaired) electrons. The molecular weight excluding hydrogens is 174 g/mol. The number of carbonyl (C=O) groups is 1. The van der Waals surface area contributed by atoms with Crippen LogP contribution in [0.15, 0.2) is 5.38 Å². The number of nitrogens with zero attached hydrogens (tertiary/aromatic N) is 2. The van der Waals surface area contributed by atoms with Crippen LogP contribution in [0, 0.1) is 0 Å². The van der Waals surface area contributed by atoms with Gasteiger partial charge in [-0.05, 0) is 18.5 Å². The Bertz CT molecular complexity index is 285. The lowest BCUT2D eigenvalue weighted by atomic mass is 9.99. The van der Waals surface area contributed by atoms with E-state index in [9.17, 15) is 4.79 Å². The highest BCUT2D eigenvalue weighted by molar-refractivity contribution is 7.03. The highest BCUT2D eigenvalue weighted by atomic mass is 32.1. The van der Waals surface area contributed by atoms with E-state index in [1.807, 2.05) is 12.3 Å². The molecule has 64 valence electrons. The third-order valence-corrected chi connectivity index (χ3v) is 2.68. The van der Waals surface area contributed by atoms with E-state index in [4.69, 9.17) is 0 Å². The van der Waals surface area contributed by atoms with Gasteiger partial charge in [0.1, 0.15) is 0 Å². The fraction of sp³-hybridized carbons (Fsp3) is 0.571. The van der Waals surface area contributed by atoms with Crippen molar-refractivity contribution < 1.29 is 4.79 Å². The van der Waals surface area contributed by atoms with Gasteiger partial charge in [0.25, 0.3) is 0 Å². The molecule has 2 atom stereocenters. The number of hydrogen-bond donors (Lipinski definition) is 1. The quantitative estimate of drug-likeness (QED) is 0.691. The van der Waals surface area contributed by atoms with Gasteiger partial charge < -0.3 is 5.32 Å². The summed E-state index contributed by atoms with van der Waals surface area (Å²) in [7, 11) is 0. The second-order valence-corrected chi connectivity index (χ2v) is 3.61. The van der Waals surface area contributed by atoms with Gasteiger partial charge in [-0.25, -0.2) is 0 Å². The molecule has 1 aromatic heterocycles. The third-order valence-electron chi connectivity index (χ3n) is 2.15. The molecule has 1 aliphatic heterocycles. The maximum atomic E-state index is 11.0. The standard InChI is InChI=1S/C7H9N3OS/c1-4-5(2-7(11)8-4)6-3-12-10-9-6/h3-5H,2H2,1H3,(H,8,11). The molecule has 0 spiro atoms. The number of amides is 1. The van der Waals surface area contributed by atoms with Crippen LogP contribution in [0.5, 0.6) is 0 Å². The molecule has 4 nitrogen and oxygen atoms in total. The summed E-state index contributed by atoms with van der Waals surface area (Å²) in [6.45, 7) is 1.99. The summed E-state index contributed by atoms with van der Waals surface area (Å²) in [4.78, 5) is 11.0. The van der Waals surface area contributed by atoms with E-state index in [-0.39, 0.29) is 17.9 Å². The van der Waals surface area contributed by atoms with Crippen LogP contribution in [0.2, 0.25) is 0 Å². The second-order valence-electron chi connectivity index (χ2n) is 3.00. The Hall–Kier alpha value is -0.970. The van der Waals surface area contributed by atoms with Crippen molar-refractivity contribution in [1.29, 1.82) is 0 Å². The normalized spacial score (nSPS) is 28.9. The van der Waals surface area contributed by atoms with Crippen molar-refractivity contribution in [3.63, 3.8) is 0 Å². The van der Waals surface area contributed by atoms with E-state index < -0.39 is 0 Å². The van der Waals surface area contributed by atoms with Crippen LogP contribution in [0.3, 0.4) is 0 Å². The van der Waals surface area contributed by atoms with Gasteiger partial charge in [0.15, 0.2) is 0 Å². The molecule has 1 amide bonds. The number of aromatic nitrogens is 2. The summed E-state index contributed by atoms with van der Waals surface area (Å²) < 4.78 is 3.78. The lowest BCUT2D eigenvalue weighted by Gasteiger charge is -2.09. The Morgan fingerprint density at radius 1 is 1.75 bits per heavy atom. The maximum absolute atomic E-state index is 11.0. The van der Waals surface area contributed by atoms with Crippen LogP contribution in [-0.4, -0.2) is 21.5 Å². The van der Waals surface area contributed by atoms with Gasteiger partial charge in [0.2, 0.25) is 5.91 Å². The molecule has 0 aliphatic carbocycles. The fourth-order valence-corrected chi connectivity index (χ4v) is 2.00. The van der Waals surface area contributed by atoms with Crippen molar-refractivity contribution >= 4 is 17.4 Å². The lowest BCUT2D eigenvalue weighted by molar-refractivity contribution is -0.119. The van der Waals surface area contributed by atoms with Crippen molar-refractivity contribution in [2.24, 2.45) is 0 Å². The molecule has 2 unspecified atom stereocenters. The van der Waals surface area contributed by atoms with Crippen LogP contribution < -0.4 is 5.32 Å². The molecule has 5 heteroatoms. The predicted octanol–water partition coefficient (Wildman–Crippen LogP) is 0.530. The molecule has 1 aromatic rings. The molecule has 1 fully saturated rings. The molecule has 1 saturated heterocycles. The minimum atomic E-state index is 0.112. The van der Waals surface area contributed by atoms with Crippen LogP contribution in [-0.2, 0) is 4.79 Å². The highest BCUT2D eigenvalue weighted by Gasteiger charge is 2.31. The predicted molar refractivity (Wildman–Crippen MR) is 44.9 cm³/mol. The summed E-state index contributed by atoms with van der Waals surface area (Å²) in [5, 5.41) is 8.72. The van der Waals surface area contributed by atoms with E-state index in [1.54, 1.807) is 0 Å². The average molecular weight is 183 g/mol. The summed E-state index contributed by atoms with van der Waals surface area (Å²) in [5.41, 5.74) is 0.936. The zero-order chi connectivity index (χ0) is 8.55. The van der Waals surface area contributed by atoms with Crippen molar-refractivity contribution in [3.05, 3.63) is 11.1 Å². The number of nitrogens with one attached hydrogen (secondary N) is 1. The molecule has 0 aromatic carbocycles. The van der Waals surface area contributed by atoms with Gasteiger partial charge >= 0.3 is 0 Å². The van der Waals surface area contributed by atoms with Crippen LogP contribution >= 0.6 is 11.5 Å². The lowest BCUT2D eigenvalue weighted by Crippen LogP contribution is -2.24. The summed E-state index contributed by atoms with van der Waals surface area (Å²) >= 11 is 1.33. The summed E-state index contributed by atoms with van der Waals surface area (Å²) in [6, 6.07) is 0.196. The highest BCUT2D eigenvalue weighted by Crippen LogP contribution is 2.26. The fourth-order valence-electron chi connectivity index (χ4n) is 1.48. The largest absolute Gasteiger partial charge is 0.353 e. The Labute approximate surface area is 74.2 Å². The molecule has 1 aliphatic rings. The van der Waals surface area contributed by atoms with E-state index >= 15 is 0 Å². The zero-order valence-corrected chi connectivity index (χ0v) is 7.47. The minimum absolute atomic E-state index is 0.112. The van der Waals surface area contributed by atoms with Crippen molar-refractivity contribution in [2.45, 2.75) is 25.3 Å².